The Bertz CT molecular complexity index is 1100. The zero-order valence-corrected chi connectivity index (χ0v) is 18.4. The molecule has 0 radical (unpaired) electrons. The molecule has 0 spiro atoms. The number of ether oxygens (including phenoxy) is 2. The second kappa shape index (κ2) is 9.87. The molecule has 0 saturated heterocycles. The average molecular weight is 450 g/mol. The van der Waals surface area contributed by atoms with Gasteiger partial charge in [-0.1, -0.05) is 42.5 Å². The molecule has 0 aliphatic heterocycles. The normalized spacial score (nSPS) is 19.0. The number of amides is 1. The highest BCUT2D eigenvalue weighted by Crippen LogP contribution is 2.55. The summed E-state index contributed by atoms with van der Waals surface area (Å²) >= 11 is 0. The Labute approximate surface area is 192 Å². The Morgan fingerprint density at radius 2 is 1.91 bits per heavy atom. The topological polar surface area (TPSA) is 103 Å². The standard InChI is InChI=1S/C25H27N3O5/c1-2-32-24(30)25(13-22(25)23(29)27-31)12-18-8-10-21(11-9-18)33-16-20-14-26-17-28(20)15-19-6-4-3-5-7-19/h3-11,14,17,22,31H,2,12-13,15-16H2,1H3,(H,27,29). The highest BCUT2D eigenvalue weighted by atomic mass is 16.5. The molecule has 4 rings (SSSR count). The van der Waals surface area contributed by atoms with E-state index in [4.69, 9.17) is 14.7 Å². The minimum absolute atomic E-state index is 0.238. The minimum Gasteiger partial charge on any atom is -0.487 e. The number of aromatic nitrogens is 2. The summed E-state index contributed by atoms with van der Waals surface area (Å²) in [6.45, 7) is 3.06. The van der Waals surface area contributed by atoms with Gasteiger partial charge in [-0.2, -0.15) is 0 Å². The third kappa shape index (κ3) is 5.06. The van der Waals surface area contributed by atoms with Gasteiger partial charge in [-0.05, 0) is 43.0 Å². The molecule has 1 heterocycles. The second-order valence-corrected chi connectivity index (χ2v) is 8.22. The van der Waals surface area contributed by atoms with Crippen LogP contribution in [0.4, 0.5) is 0 Å². The molecule has 1 amide bonds. The molecule has 1 aliphatic carbocycles. The number of imidazole rings is 1. The van der Waals surface area contributed by atoms with Crippen molar-refractivity contribution in [2.75, 3.05) is 6.61 Å². The molecule has 2 aromatic carbocycles. The number of hydrogen-bond acceptors (Lipinski definition) is 6. The van der Waals surface area contributed by atoms with Crippen LogP contribution < -0.4 is 10.2 Å². The molecule has 1 aromatic heterocycles. The van der Waals surface area contributed by atoms with E-state index in [0.29, 0.717) is 25.2 Å². The van der Waals surface area contributed by atoms with Gasteiger partial charge in [0.05, 0.1) is 36.2 Å². The van der Waals surface area contributed by atoms with Crippen molar-refractivity contribution in [3.05, 3.63) is 83.9 Å². The van der Waals surface area contributed by atoms with Crippen LogP contribution in [0, 0.1) is 11.3 Å². The van der Waals surface area contributed by atoms with E-state index in [9.17, 15) is 9.59 Å². The molecule has 1 fully saturated rings. The molecule has 2 unspecified atom stereocenters. The Morgan fingerprint density at radius 3 is 2.61 bits per heavy atom. The first kappa shape index (κ1) is 22.5. The summed E-state index contributed by atoms with van der Waals surface area (Å²) in [5, 5.41) is 8.96. The van der Waals surface area contributed by atoms with Crippen molar-refractivity contribution in [3.8, 4) is 5.75 Å². The lowest BCUT2D eigenvalue weighted by molar-refractivity contribution is -0.152. The van der Waals surface area contributed by atoms with Gasteiger partial charge in [0, 0.05) is 6.54 Å². The molecule has 0 bridgehead atoms. The van der Waals surface area contributed by atoms with Gasteiger partial charge >= 0.3 is 5.97 Å². The van der Waals surface area contributed by atoms with Crippen LogP contribution in [0.25, 0.3) is 0 Å². The molecule has 3 aromatic rings. The van der Waals surface area contributed by atoms with E-state index >= 15 is 0 Å². The number of esters is 1. The number of nitrogens with one attached hydrogen (secondary N) is 1. The lowest BCUT2D eigenvalue weighted by Gasteiger charge is -2.16. The second-order valence-electron chi connectivity index (χ2n) is 8.22. The predicted octanol–water partition coefficient (Wildman–Crippen LogP) is 3.13. The number of carbonyl (C=O) groups is 2. The first-order chi connectivity index (χ1) is 16.1. The summed E-state index contributed by atoms with van der Waals surface area (Å²) in [4.78, 5) is 28.6. The smallest absolute Gasteiger partial charge is 0.313 e. The lowest BCUT2D eigenvalue weighted by Crippen LogP contribution is -2.30. The van der Waals surface area contributed by atoms with Crippen LogP contribution in [-0.4, -0.2) is 33.2 Å². The molecule has 33 heavy (non-hydrogen) atoms. The first-order valence-corrected chi connectivity index (χ1v) is 10.9. The third-order valence-electron chi connectivity index (χ3n) is 6.01. The summed E-state index contributed by atoms with van der Waals surface area (Å²) in [5.74, 6) is -0.875. The highest BCUT2D eigenvalue weighted by Gasteiger charge is 2.64. The minimum atomic E-state index is -0.935. The quantitative estimate of drug-likeness (QED) is 0.280. The highest BCUT2D eigenvalue weighted by molar-refractivity contribution is 5.93. The fourth-order valence-electron chi connectivity index (χ4n) is 4.11. The van der Waals surface area contributed by atoms with Gasteiger partial charge in [-0.15, -0.1) is 0 Å². The molecule has 2 atom stereocenters. The van der Waals surface area contributed by atoms with E-state index in [1.807, 2.05) is 47.0 Å². The summed E-state index contributed by atoms with van der Waals surface area (Å²) in [6.07, 6.45) is 4.29. The monoisotopic (exact) mass is 449 g/mol. The van der Waals surface area contributed by atoms with Crippen LogP contribution in [0.1, 0.15) is 30.2 Å². The van der Waals surface area contributed by atoms with Crippen LogP contribution in [-0.2, 0) is 33.9 Å². The average Bonchev–Trinajstić information content (AvgIpc) is 3.41. The molecule has 1 saturated carbocycles. The van der Waals surface area contributed by atoms with Crippen LogP contribution >= 0.6 is 0 Å². The molecule has 8 heteroatoms. The number of hydrogen-bond donors (Lipinski definition) is 2. The zero-order valence-electron chi connectivity index (χ0n) is 18.4. The maximum Gasteiger partial charge on any atom is 0.313 e. The number of nitrogens with zero attached hydrogens (tertiary/aromatic N) is 2. The Kier molecular flexibility index (Phi) is 6.74. The van der Waals surface area contributed by atoms with E-state index in [2.05, 4.69) is 17.1 Å². The van der Waals surface area contributed by atoms with Gasteiger partial charge in [0.2, 0.25) is 5.91 Å². The van der Waals surface area contributed by atoms with Crippen LogP contribution in [0.3, 0.4) is 0 Å². The molecular weight excluding hydrogens is 422 g/mol. The summed E-state index contributed by atoms with van der Waals surface area (Å²) in [7, 11) is 0. The summed E-state index contributed by atoms with van der Waals surface area (Å²) in [5.41, 5.74) is 3.74. The van der Waals surface area contributed by atoms with Gasteiger partial charge in [0.15, 0.2) is 0 Å². The predicted molar refractivity (Wildman–Crippen MR) is 119 cm³/mol. The summed E-state index contributed by atoms with van der Waals surface area (Å²) < 4.78 is 13.2. The fourth-order valence-corrected chi connectivity index (χ4v) is 4.11. The Morgan fingerprint density at radius 1 is 1.15 bits per heavy atom. The molecular formula is C25H27N3O5. The van der Waals surface area contributed by atoms with Crippen molar-refractivity contribution in [1.29, 1.82) is 0 Å². The van der Waals surface area contributed by atoms with E-state index in [1.165, 1.54) is 5.56 Å². The van der Waals surface area contributed by atoms with Crippen LogP contribution in [0.15, 0.2) is 67.1 Å². The van der Waals surface area contributed by atoms with Crippen molar-refractivity contribution < 1.29 is 24.3 Å². The number of benzene rings is 2. The van der Waals surface area contributed by atoms with Gasteiger partial charge in [-0.25, -0.2) is 10.5 Å². The van der Waals surface area contributed by atoms with Crippen molar-refractivity contribution in [1.82, 2.24) is 15.0 Å². The number of rotatable bonds is 10. The molecule has 172 valence electrons. The summed E-state index contributed by atoms with van der Waals surface area (Å²) in [6, 6.07) is 17.6. The van der Waals surface area contributed by atoms with Crippen LogP contribution in [0.5, 0.6) is 5.75 Å². The fraction of sp³-hybridized carbons (Fsp3) is 0.320. The number of hydroxylamine groups is 1. The zero-order chi connectivity index (χ0) is 23.3. The van der Waals surface area contributed by atoms with Crippen LogP contribution in [0.2, 0.25) is 0 Å². The van der Waals surface area contributed by atoms with E-state index in [1.54, 1.807) is 24.9 Å². The van der Waals surface area contributed by atoms with Crippen molar-refractivity contribution in [2.45, 2.75) is 32.9 Å². The maximum atomic E-state index is 12.5. The lowest BCUT2D eigenvalue weighted by atomic mass is 9.93. The van der Waals surface area contributed by atoms with E-state index < -0.39 is 23.2 Å². The van der Waals surface area contributed by atoms with Crippen molar-refractivity contribution in [3.63, 3.8) is 0 Å². The maximum absolute atomic E-state index is 12.5. The largest absolute Gasteiger partial charge is 0.487 e. The van der Waals surface area contributed by atoms with Gasteiger partial charge in [-0.3, -0.25) is 14.8 Å². The molecule has 1 aliphatic rings. The third-order valence-corrected chi connectivity index (χ3v) is 6.01. The molecule has 8 nitrogen and oxygen atoms in total. The first-order valence-electron chi connectivity index (χ1n) is 10.9. The SMILES string of the molecule is CCOC(=O)C1(Cc2ccc(OCc3cncn3Cc3ccccc3)cc2)CC1C(=O)NO. The van der Waals surface area contributed by atoms with Gasteiger partial charge in [0.1, 0.15) is 12.4 Å². The number of carbonyl (C=O) groups excluding carboxylic acids is 2. The van der Waals surface area contributed by atoms with E-state index in [-0.39, 0.29) is 6.61 Å². The van der Waals surface area contributed by atoms with Gasteiger partial charge in [0.25, 0.3) is 0 Å². The van der Waals surface area contributed by atoms with Gasteiger partial charge < -0.3 is 14.0 Å². The Balaban J connectivity index is 1.38. The van der Waals surface area contributed by atoms with Crippen molar-refractivity contribution in [2.24, 2.45) is 11.3 Å². The Hall–Kier alpha value is -3.65. The van der Waals surface area contributed by atoms with E-state index in [0.717, 1.165) is 17.8 Å². The van der Waals surface area contributed by atoms with Crippen molar-refractivity contribution >= 4 is 11.9 Å². The molecule has 2 N–H and O–H groups in total.